The second kappa shape index (κ2) is 9.29. The second-order valence-electron chi connectivity index (χ2n) is 4.56. The molecule has 0 aliphatic rings. The topological polar surface area (TPSA) is 108 Å². The molecule has 1 rings (SSSR count). The number of carbonyl (C=O) groups excluding carboxylic acids is 4. The highest BCUT2D eigenvalue weighted by atomic mass is 16.5. The zero-order valence-electron chi connectivity index (χ0n) is 13.7. The van der Waals surface area contributed by atoms with Crippen molar-refractivity contribution in [3.05, 3.63) is 35.4 Å². The molecule has 8 heteroatoms. The quantitative estimate of drug-likeness (QED) is 0.436. The van der Waals surface area contributed by atoms with Gasteiger partial charge in [0, 0.05) is 0 Å². The van der Waals surface area contributed by atoms with Gasteiger partial charge in [-0.3, -0.25) is 14.4 Å². The van der Waals surface area contributed by atoms with E-state index in [0.717, 1.165) is 7.11 Å². The minimum Gasteiger partial charge on any atom is -0.468 e. The molecule has 1 amide bonds. The van der Waals surface area contributed by atoms with Gasteiger partial charge in [-0.25, -0.2) is 4.79 Å². The van der Waals surface area contributed by atoms with E-state index in [1.807, 2.05) is 0 Å². The van der Waals surface area contributed by atoms with Gasteiger partial charge >= 0.3 is 17.9 Å². The van der Waals surface area contributed by atoms with E-state index >= 15 is 0 Å². The average molecular weight is 337 g/mol. The third-order valence-corrected chi connectivity index (χ3v) is 3.09. The molecule has 0 saturated heterocycles. The zero-order chi connectivity index (χ0) is 18.1. The van der Waals surface area contributed by atoms with Crippen molar-refractivity contribution < 1.29 is 33.4 Å². The molecule has 0 aromatic heterocycles. The summed E-state index contributed by atoms with van der Waals surface area (Å²) in [6.07, 6.45) is 0. The van der Waals surface area contributed by atoms with Gasteiger partial charge in [0.2, 0.25) is 5.91 Å². The Bertz CT molecular complexity index is 627. The molecule has 0 heterocycles. The fourth-order valence-corrected chi connectivity index (χ4v) is 2.01. The summed E-state index contributed by atoms with van der Waals surface area (Å²) in [5, 5.41) is 2.30. The van der Waals surface area contributed by atoms with Crippen LogP contribution in [-0.4, -0.2) is 51.2 Å². The maximum Gasteiger partial charge on any atom is 0.338 e. The Kier molecular flexibility index (Phi) is 7.41. The van der Waals surface area contributed by atoms with Gasteiger partial charge in [0.15, 0.2) is 5.92 Å². The molecule has 0 aliphatic carbocycles. The fraction of sp³-hybridized carbons (Fsp3) is 0.375. The first kappa shape index (κ1) is 19.1. The standard InChI is InChI=1S/C16H19NO7/c1-4-24-12(18)9-17-14(19)13(16(21)23-3)10-7-5-6-8-11(10)15(20)22-2/h5-8,13H,4,9H2,1-3H3,(H,17,19). The van der Waals surface area contributed by atoms with Crippen LogP contribution in [0.1, 0.15) is 28.8 Å². The minimum atomic E-state index is -1.42. The molecule has 1 N–H and O–H groups in total. The lowest BCUT2D eigenvalue weighted by atomic mass is 9.93. The Morgan fingerprint density at radius 1 is 1.08 bits per heavy atom. The van der Waals surface area contributed by atoms with Crippen LogP contribution in [0.25, 0.3) is 0 Å². The molecule has 24 heavy (non-hydrogen) atoms. The van der Waals surface area contributed by atoms with Crippen molar-refractivity contribution in [1.82, 2.24) is 5.32 Å². The van der Waals surface area contributed by atoms with E-state index in [0.29, 0.717) is 0 Å². The molecule has 1 aromatic carbocycles. The van der Waals surface area contributed by atoms with Crippen LogP contribution in [0.2, 0.25) is 0 Å². The molecular formula is C16H19NO7. The van der Waals surface area contributed by atoms with Gasteiger partial charge in [-0.2, -0.15) is 0 Å². The first-order chi connectivity index (χ1) is 11.5. The number of benzene rings is 1. The summed E-state index contributed by atoms with van der Waals surface area (Å²) in [4.78, 5) is 47.6. The van der Waals surface area contributed by atoms with Crippen LogP contribution in [0.15, 0.2) is 24.3 Å². The van der Waals surface area contributed by atoms with Crippen LogP contribution in [0.4, 0.5) is 0 Å². The highest BCUT2D eigenvalue weighted by molar-refractivity contribution is 6.06. The molecule has 0 radical (unpaired) electrons. The molecule has 0 fully saturated rings. The molecule has 1 unspecified atom stereocenters. The maximum absolute atomic E-state index is 12.3. The normalized spacial score (nSPS) is 11.1. The van der Waals surface area contributed by atoms with E-state index in [1.165, 1.54) is 19.2 Å². The number of ether oxygens (including phenoxy) is 3. The molecule has 0 aliphatic heterocycles. The van der Waals surface area contributed by atoms with Gasteiger partial charge in [0.05, 0.1) is 26.4 Å². The number of hydrogen-bond donors (Lipinski definition) is 1. The third kappa shape index (κ3) is 4.80. The van der Waals surface area contributed by atoms with E-state index in [9.17, 15) is 19.2 Å². The second-order valence-corrected chi connectivity index (χ2v) is 4.56. The molecule has 0 bridgehead atoms. The Morgan fingerprint density at radius 2 is 1.75 bits per heavy atom. The lowest BCUT2D eigenvalue weighted by Gasteiger charge is -2.17. The van der Waals surface area contributed by atoms with Crippen LogP contribution in [-0.2, 0) is 28.6 Å². The molecule has 130 valence electrons. The van der Waals surface area contributed by atoms with Crippen LogP contribution in [0, 0.1) is 0 Å². The summed E-state index contributed by atoms with van der Waals surface area (Å²) >= 11 is 0. The number of amides is 1. The molecule has 1 atom stereocenters. The summed E-state index contributed by atoms with van der Waals surface area (Å²) < 4.78 is 14.0. The van der Waals surface area contributed by atoms with Gasteiger partial charge in [-0.1, -0.05) is 18.2 Å². The number of methoxy groups -OCH3 is 2. The van der Waals surface area contributed by atoms with Crippen molar-refractivity contribution in [3.8, 4) is 0 Å². The van der Waals surface area contributed by atoms with Crippen LogP contribution >= 0.6 is 0 Å². The molecule has 0 saturated carbocycles. The highest BCUT2D eigenvalue weighted by Gasteiger charge is 2.33. The number of hydrogen-bond acceptors (Lipinski definition) is 7. The Hall–Kier alpha value is -2.90. The zero-order valence-corrected chi connectivity index (χ0v) is 13.7. The van der Waals surface area contributed by atoms with Crippen molar-refractivity contribution in [2.45, 2.75) is 12.8 Å². The SMILES string of the molecule is CCOC(=O)CNC(=O)C(C(=O)OC)c1ccccc1C(=O)OC. The summed E-state index contributed by atoms with van der Waals surface area (Å²) in [5.41, 5.74) is 0.180. The van der Waals surface area contributed by atoms with Crippen LogP contribution < -0.4 is 5.32 Å². The predicted molar refractivity (Wildman–Crippen MR) is 82.2 cm³/mol. The molecular weight excluding hydrogens is 318 g/mol. The van der Waals surface area contributed by atoms with Crippen molar-refractivity contribution in [3.63, 3.8) is 0 Å². The van der Waals surface area contributed by atoms with Crippen molar-refractivity contribution in [2.24, 2.45) is 0 Å². The number of rotatable bonds is 7. The minimum absolute atomic E-state index is 0.0571. The smallest absolute Gasteiger partial charge is 0.338 e. The van der Waals surface area contributed by atoms with Crippen LogP contribution in [0.5, 0.6) is 0 Å². The summed E-state index contributed by atoms with van der Waals surface area (Å²) in [6, 6.07) is 6.00. The van der Waals surface area contributed by atoms with Gasteiger partial charge in [-0.05, 0) is 18.6 Å². The van der Waals surface area contributed by atoms with Crippen molar-refractivity contribution >= 4 is 23.8 Å². The lowest BCUT2D eigenvalue weighted by molar-refractivity contribution is -0.148. The third-order valence-electron chi connectivity index (χ3n) is 3.09. The van der Waals surface area contributed by atoms with Crippen LogP contribution in [0.3, 0.4) is 0 Å². The number of esters is 3. The van der Waals surface area contributed by atoms with E-state index in [1.54, 1.807) is 19.1 Å². The number of nitrogens with one attached hydrogen (secondary N) is 1. The van der Waals surface area contributed by atoms with E-state index < -0.39 is 36.3 Å². The van der Waals surface area contributed by atoms with E-state index in [4.69, 9.17) is 4.74 Å². The summed E-state index contributed by atoms with van der Waals surface area (Å²) in [7, 11) is 2.31. The Labute approximate surface area is 139 Å². The Morgan fingerprint density at radius 3 is 2.33 bits per heavy atom. The predicted octanol–water partition coefficient (Wildman–Crippen LogP) is 0.409. The Balaban J connectivity index is 3.11. The van der Waals surface area contributed by atoms with E-state index in [2.05, 4.69) is 14.8 Å². The molecule has 0 spiro atoms. The van der Waals surface area contributed by atoms with E-state index in [-0.39, 0.29) is 17.7 Å². The van der Waals surface area contributed by atoms with Crippen molar-refractivity contribution in [1.29, 1.82) is 0 Å². The molecule has 1 aromatic rings. The maximum atomic E-state index is 12.3. The summed E-state index contributed by atoms with van der Waals surface area (Å²) in [5.74, 6) is -4.41. The lowest BCUT2D eigenvalue weighted by Crippen LogP contribution is -2.38. The number of carbonyl (C=O) groups is 4. The van der Waals surface area contributed by atoms with Gasteiger partial charge in [0.25, 0.3) is 0 Å². The van der Waals surface area contributed by atoms with Gasteiger partial charge < -0.3 is 19.5 Å². The fourth-order valence-electron chi connectivity index (χ4n) is 2.01. The first-order valence-corrected chi connectivity index (χ1v) is 7.14. The highest BCUT2D eigenvalue weighted by Crippen LogP contribution is 2.23. The largest absolute Gasteiger partial charge is 0.468 e. The van der Waals surface area contributed by atoms with Crippen molar-refractivity contribution in [2.75, 3.05) is 27.4 Å². The average Bonchev–Trinajstić information content (AvgIpc) is 2.60. The summed E-state index contributed by atoms with van der Waals surface area (Å²) in [6.45, 7) is 1.39. The van der Waals surface area contributed by atoms with Gasteiger partial charge in [-0.15, -0.1) is 0 Å². The van der Waals surface area contributed by atoms with Gasteiger partial charge in [0.1, 0.15) is 6.54 Å². The molecule has 8 nitrogen and oxygen atoms in total. The monoisotopic (exact) mass is 337 g/mol. The first-order valence-electron chi connectivity index (χ1n) is 7.14.